The fourth-order valence-corrected chi connectivity index (χ4v) is 1.80. The zero-order chi connectivity index (χ0) is 17.3. The summed E-state index contributed by atoms with van der Waals surface area (Å²) in [6.45, 7) is 7.42. The third kappa shape index (κ3) is 5.75. The molecule has 1 amide bonds. The van der Waals surface area contributed by atoms with Crippen LogP contribution in [0.5, 0.6) is 5.75 Å². The van der Waals surface area contributed by atoms with Gasteiger partial charge < -0.3 is 15.2 Å². The predicted molar refractivity (Wildman–Crippen MR) is 93.5 cm³/mol. The van der Waals surface area contributed by atoms with Gasteiger partial charge in [-0.2, -0.15) is 0 Å². The summed E-state index contributed by atoms with van der Waals surface area (Å²) >= 11 is 0. The number of nitrogens with one attached hydrogen (secondary N) is 1. The second-order valence-electron chi connectivity index (χ2n) is 5.23. The fraction of sp³-hybridized carbons (Fsp3) is 0.316. The van der Waals surface area contributed by atoms with Crippen LogP contribution in [0, 0.1) is 0 Å². The van der Waals surface area contributed by atoms with Crippen molar-refractivity contribution in [2.45, 2.75) is 39.9 Å². The summed E-state index contributed by atoms with van der Waals surface area (Å²) < 4.78 is 5.73. The number of aliphatic hydroxyl groups is 1. The van der Waals surface area contributed by atoms with Crippen molar-refractivity contribution in [2.24, 2.45) is 0 Å². The molecule has 0 aliphatic carbocycles. The molecule has 2 aromatic rings. The number of aliphatic hydroxyl groups excluding tert-OH is 1. The number of ether oxygens (including phenoxy) is 1. The number of anilines is 1. The van der Waals surface area contributed by atoms with E-state index >= 15 is 0 Å². The second kappa shape index (κ2) is 8.96. The number of benzene rings is 2. The molecule has 4 heteroatoms. The number of hydrogen-bond donors (Lipinski definition) is 2. The zero-order valence-corrected chi connectivity index (χ0v) is 14.2. The smallest absolute Gasteiger partial charge is 0.267 e. The Bertz CT molecular complexity index is 592. The van der Waals surface area contributed by atoms with Crippen LogP contribution >= 0.6 is 0 Å². The minimum Gasteiger partial charge on any atom is -0.478 e. The van der Waals surface area contributed by atoms with Gasteiger partial charge in [0.25, 0.3) is 5.91 Å². The lowest BCUT2D eigenvalue weighted by Crippen LogP contribution is -2.42. The van der Waals surface area contributed by atoms with E-state index in [2.05, 4.69) is 5.32 Å². The number of carbonyl (C=O) groups excluding carboxylic acids is 1. The van der Waals surface area contributed by atoms with Crippen LogP contribution in [0.2, 0.25) is 0 Å². The van der Waals surface area contributed by atoms with E-state index in [1.807, 2.05) is 44.2 Å². The van der Waals surface area contributed by atoms with Crippen molar-refractivity contribution in [3.8, 4) is 5.75 Å². The summed E-state index contributed by atoms with van der Waals surface area (Å²) in [7, 11) is 0. The number of para-hydroxylation sites is 1. The van der Waals surface area contributed by atoms with Gasteiger partial charge in [-0.1, -0.05) is 44.2 Å². The Morgan fingerprint density at radius 2 is 1.61 bits per heavy atom. The molecule has 23 heavy (non-hydrogen) atoms. The van der Waals surface area contributed by atoms with Crippen LogP contribution in [0.3, 0.4) is 0 Å². The molecule has 0 aromatic heterocycles. The molecule has 0 radical (unpaired) electrons. The molecule has 2 N–H and O–H groups in total. The predicted octanol–water partition coefficient (Wildman–Crippen LogP) is 4.00. The van der Waals surface area contributed by atoms with Crippen molar-refractivity contribution >= 4 is 11.6 Å². The number of hydrogen-bond acceptors (Lipinski definition) is 3. The van der Waals surface area contributed by atoms with Crippen LogP contribution in [0.1, 0.15) is 33.3 Å². The molecular formula is C19H25NO3. The molecule has 0 aliphatic heterocycles. The van der Waals surface area contributed by atoms with Crippen LogP contribution in [-0.4, -0.2) is 16.6 Å². The first kappa shape index (κ1) is 18.7. The highest BCUT2D eigenvalue weighted by atomic mass is 16.5. The minimum atomic E-state index is -0.989. The standard InChI is InChI=1S/C17H19NO3.C2H6/c1-17(2,21-15-6-4-3-5-7-15)16(20)18-14-10-8-13(12-19)9-11-14;1-2/h3-11,19H,12H2,1-2H3,(H,18,20);1-2H3. The average molecular weight is 315 g/mol. The summed E-state index contributed by atoms with van der Waals surface area (Å²) in [4.78, 5) is 12.3. The quantitative estimate of drug-likeness (QED) is 0.876. The molecule has 0 fully saturated rings. The SMILES string of the molecule is CC.CC(C)(Oc1ccccc1)C(=O)Nc1ccc(CO)cc1. The lowest BCUT2D eigenvalue weighted by molar-refractivity contribution is -0.128. The molecular weight excluding hydrogens is 290 g/mol. The Labute approximate surface area is 138 Å². The van der Waals surface area contributed by atoms with Gasteiger partial charge in [0.15, 0.2) is 5.60 Å². The van der Waals surface area contributed by atoms with Crippen molar-refractivity contribution in [2.75, 3.05) is 5.32 Å². The van der Waals surface area contributed by atoms with E-state index in [4.69, 9.17) is 9.84 Å². The lowest BCUT2D eigenvalue weighted by atomic mass is 10.1. The first-order chi connectivity index (χ1) is 11.0. The van der Waals surface area contributed by atoms with Gasteiger partial charge in [-0.25, -0.2) is 0 Å². The van der Waals surface area contributed by atoms with E-state index in [0.717, 1.165) is 5.56 Å². The molecule has 0 spiro atoms. The van der Waals surface area contributed by atoms with Gasteiger partial charge in [-0.15, -0.1) is 0 Å². The van der Waals surface area contributed by atoms with Crippen molar-refractivity contribution < 1.29 is 14.6 Å². The Morgan fingerprint density at radius 3 is 2.13 bits per heavy atom. The van der Waals surface area contributed by atoms with E-state index in [9.17, 15) is 4.79 Å². The highest BCUT2D eigenvalue weighted by Crippen LogP contribution is 2.20. The zero-order valence-electron chi connectivity index (χ0n) is 14.2. The highest BCUT2D eigenvalue weighted by molar-refractivity contribution is 5.96. The van der Waals surface area contributed by atoms with Crippen LogP contribution in [0.4, 0.5) is 5.69 Å². The van der Waals surface area contributed by atoms with Gasteiger partial charge in [-0.05, 0) is 43.7 Å². The van der Waals surface area contributed by atoms with Crippen molar-refractivity contribution in [1.82, 2.24) is 0 Å². The monoisotopic (exact) mass is 315 g/mol. The number of amides is 1. The Hall–Kier alpha value is -2.33. The van der Waals surface area contributed by atoms with Gasteiger partial charge in [0.2, 0.25) is 0 Å². The van der Waals surface area contributed by atoms with Crippen LogP contribution in [0.15, 0.2) is 54.6 Å². The number of rotatable bonds is 5. The van der Waals surface area contributed by atoms with Crippen molar-refractivity contribution in [1.29, 1.82) is 0 Å². The topological polar surface area (TPSA) is 58.6 Å². The molecule has 2 aromatic carbocycles. The lowest BCUT2D eigenvalue weighted by Gasteiger charge is -2.25. The Balaban J connectivity index is 0.00000127. The van der Waals surface area contributed by atoms with E-state index < -0.39 is 5.60 Å². The van der Waals surface area contributed by atoms with E-state index in [0.29, 0.717) is 11.4 Å². The Morgan fingerprint density at radius 1 is 1.04 bits per heavy atom. The maximum Gasteiger partial charge on any atom is 0.267 e. The third-order valence-corrected chi connectivity index (χ3v) is 3.06. The second-order valence-corrected chi connectivity index (χ2v) is 5.23. The molecule has 4 nitrogen and oxygen atoms in total. The summed E-state index contributed by atoms with van der Waals surface area (Å²) in [6, 6.07) is 16.3. The molecule has 0 unspecified atom stereocenters. The molecule has 0 bridgehead atoms. The van der Waals surface area contributed by atoms with Crippen LogP contribution < -0.4 is 10.1 Å². The maximum absolute atomic E-state index is 12.3. The van der Waals surface area contributed by atoms with Crippen LogP contribution in [0.25, 0.3) is 0 Å². The van der Waals surface area contributed by atoms with Crippen molar-refractivity contribution in [3.63, 3.8) is 0 Å². The molecule has 0 heterocycles. The summed E-state index contributed by atoms with van der Waals surface area (Å²) in [5.41, 5.74) is 0.478. The highest BCUT2D eigenvalue weighted by Gasteiger charge is 2.29. The molecule has 0 saturated carbocycles. The van der Waals surface area contributed by atoms with Crippen molar-refractivity contribution in [3.05, 3.63) is 60.2 Å². The molecule has 124 valence electrons. The number of carbonyl (C=O) groups is 1. The molecule has 0 saturated heterocycles. The van der Waals surface area contributed by atoms with Gasteiger partial charge in [0.1, 0.15) is 5.75 Å². The largest absolute Gasteiger partial charge is 0.478 e. The summed E-state index contributed by atoms with van der Waals surface area (Å²) in [6.07, 6.45) is 0. The molecule has 2 rings (SSSR count). The molecule has 0 atom stereocenters. The van der Waals surface area contributed by atoms with Gasteiger partial charge in [-0.3, -0.25) is 4.79 Å². The first-order valence-electron chi connectivity index (χ1n) is 7.76. The first-order valence-corrected chi connectivity index (χ1v) is 7.76. The fourth-order valence-electron chi connectivity index (χ4n) is 1.80. The summed E-state index contributed by atoms with van der Waals surface area (Å²) in [5.74, 6) is 0.413. The van der Waals surface area contributed by atoms with E-state index in [1.54, 1.807) is 38.1 Å². The van der Waals surface area contributed by atoms with Gasteiger partial charge in [0.05, 0.1) is 6.61 Å². The normalized spacial score (nSPS) is 10.3. The average Bonchev–Trinajstić information content (AvgIpc) is 2.58. The van der Waals surface area contributed by atoms with Gasteiger partial charge in [0, 0.05) is 5.69 Å². The summed E-state index contributed by atoms with van der Waals surface area (Å²) in [5, 5.41) is 11.8. The van der Waals surface area contributed by atoms with E-state index in [-0.39, 0.29) is 12.5 Å². The Kier molecular flexibility index (Phi) is 7.29. The molecule has 0 aliphatic rings. The van der Waals surface area contributed by atoms with E-state index in [1.165, 1.54) is 0 Å². The third-order valence-electron chi connectivity index (χ3n) is 3.06. The van der Waals surface area contributed by atoms with Crippen LogP contribution in [-0.2, 0) is 11.4 Å². The maximum atomic E-state index is 12.3. The van der Waals surface area contributed by atoms with Gasteiger partial charge >= 0.3 is 0 Å². The minimum absolute atomic E-state index is 0.0170.